The average Bonchev–Trinajstić information content (AvgIpc) is 2.30. The summed E-state index contributed by atoms with van der Waals surface area (Å²) in [5.74, 6) is 0.645. The molecule has 0 saturated heterocycles. The molecule has 0 spiro atoms. The topological polar surface area (TPSA) is 38.0 Å². The molecule has 1 saturated carbocycles. The monoisotopic (exact) mass is 330 g/mol. The second kappa shape index (κ2) is 5.87. The maximum Gasteiger partial charge on any atom is 0.0353 e. The molecule has 3 N–H and O–H groups in total. The van der Waals surface area contributed by atoms with Gasteiger partial charge < -0.3 is 11.1 Å². The highest BCUT2D eigenvalue weighted by Crippen LogP contribution is 2.26. The van der Waals surface area contributed by atoms with Crippen molar-refractivity contribution in [2.75, 3.05) is 11.9 Å². The van der Waals surface area contributed by atoms with Gasteiger partial charge in [-0.25, -0.2) is 0 Å². The summed E-state index contributed by atoms with van der Waals surface area (Å²) in [5.41, 5.74) is 7.07. The molecule has 0 radical (unpaired) electrons. The second-order valence-electron chi connectivity index (χ2n) is 4.54. The summed E-state index contributed by atoms with van der Waals surface area (Å²) in [7, 11) is 0. The minimum atomic E-state index is 0.567. The van der Waals surface area contributed by atoms with E-state index < -0.39 is 0 Å². The number of nitrogens with one attached hydrogen (secondary N) is 1. The Morgan fingerprint density at radius 2 is 2.12 bits per heavy atom. The van der Waals surface area contributed by atoms with Crippen LogP contribution in [0.5, 0.6) is 0 Å². The van der Waals surface area contributed by atoms with Gasteiger partial charge in [0.1, 0.15) is 0 Å². The Hall–Kier alpha value is -0.290. The fourth-order valence-electron chi connectivity index (χ4n) is 2.47. The molecule has 3 heteroatoms. The fourth-order valence-corrected chi connectivity index (χ4v) is 3.02. The highest BCUT2D eigenvalue weighted by Gasteiger charge is 2.23. The van der Waals surface area contributed by atoms with Gasteiger partial charge in [-0.05, 0) is 66.1 Å². The third-order valence-electron chi connectivity index (χ3n) is 3.39. The lowest BCUT2D eigenvalue weighted by molar-refractivity contribution is 0.332. The number of hydrogen-bond acceptors (Lipinski definition) is 2. The van der Waals surface area contributed by atoms with Crippen LogP contribution in [0, 0.1) is 9.49 Å². The van der Waals surface area contributed by atoms with Crippen molar-refractivity contribution < 1.29 is 0 Å². The Kier molecular flexibility index (Phi) is 4.46. The van der Waals surface area contributed by atoms with E-state index in [-0.39, 0.29) is 0 Å². The van der Waals surface area contributed by atoms with E-state index in [1.807, 2.05) is 0 Å². The van der Waals surface area contributed by atoms with E-state index in [1.54, 1.807) is 0 Å². The van der Waals surface area contributed by atoms with Crippen LogP contribution in [0.1, 0.15) is 25.7 Å². The Morgan fingerprint density at radius 1 is 1.31 bits per heavy atom. The smallest absolute Gasteiger partial charge is 0.0353 e. The molecule has 16 heavy (non-hydrogen) atoms. The number of rotatable bonds is 3. The fraction of sp³-hybridized carbons (Fsp3) is 0.538. The Balaban J connectivity index is 2.02. The molecule has 2 unspecified atom stereocenters. The van der Waals surface area contributed by atoms with E-state index in [1.165, 1.54) is 34.9 Å². The molecular formula is C13H19IN2. The maximum absolute atomic E-state index is 5.84. The van der Waals surface area contributed by atoms with E-state index in [4.69, 9.17) is 5.73 Å². The van der Waals surface area contributed by atoms with Gasteiger partial charge in [0.05, 0.1) is 0 Å². The Morgan fingerprint density at radius 3 is 2.88 bits per heavy atom. The zero-order valence-electron chi connectivity index (χ0n) is 9.45. The van der Waals surface area contributed by atoms with Crippen molar-refractivity contribution in [3.63, 3.8) is 0 Å². The van der Waals surface area contributed by atoms with E-state index in [0.717, 1.165) is 6.54 Å². The van der Waals surface area contributed by atoms with Crippen LogP contribution in [0.25, 0.3) is 0 Å². The first kappa shape index (κ1) is 12.2. The quantitative estimate of drug-likeness (QED) is 0.835. The summed E-state index contributed by atoms with van der Waals surface area (Å²) in [4.78, 5) is 0. The van der Waals surface area contributed by atoms with Crippen molar-refractivity contribution in [1.29, 1.82) is 0 Å². The normalized spacial score (nSPS) is 25.4. The first-order valence-corrected chi connectivity index (χ1v) is 7.09. The first-order chi connectivity index (χ1) is 7.79. The molecule has 1 fully saturated rings. The van der Waals surface area contributed by atoms with Gasteiger partial charge in [-0.2, -0.15) is 0 Å². The van der Waals surface area contributed by atoms with Crippen LogP contribution in [-0.2, 0) is 0 Å². The lowest BCUT2D eigenvalue weighted by Gasteiger charge is -2.32. The van der Waals surface area contributed by atoms with E-state index >= 15 is 0 Å². The van der Waals surface area contributed by atoms with Crippen molar-refractivity contribution in [3.05, 3.63) is 27.8 Å². The molecule has 1 aromatic rings. The van der Waals surface area contributed by atoms with Gasteiger partial charge in [0, 0.05) is 15.3 Å². The third kappa shape index (κ3) is 3.10. The van der Waals surface area contributed by atoms with E-state index in [9.17, 15) is 0 Å². The van der Waals surface area contributed by atoms with Crippen molar-refractivity contribution in [1.82, 2.24) is 0 Å². The van der Waals surface area contributed by atoms with Crippen molar-refractivity contribution in [2.45, 2.75) is 31.7 Å². The molecule has 0 heterocycles. The minimum absolute atomic E-state index is 0.567. The molecule has 0 aliphatic heterocycles. The number of anilines is 1. The second-order valence-corrected chi connectivity index (χ2v) is 5.79. The molecule has 1 aromatic carbocycles. The van der Waals surface area contributed by atoms with Gasteiger partial charge in [0.25, 0.3) is 0 Å². The predicted octanol–water partition coefficient (Wildman–Crippen LogP) is 3.22. The Bertz CT molecular complexity index is 340. The van der Waals surface area contributed by atoms with Crippen molar-refractivity contribution >= 4 is 28.3 Å². The molecule has 0 amide bonds. The zero-order valence-corrected chi connectivity index (χ0v) is 11.6. The van der Waals surface area contributed by atoms with Gasteiger partial charge >= 0.3 is 0 Å². The number of nitrogens with two attached hydrogens (primary N) is 1. The summed E-state index contributed by atoms with van der Waals surface area (Å²) >= 11 is 2.35. The van der Waals surface area contributed by atoms with E-state index in [2.05, 4.69) is 52.2 Å². The largest absolute Gasteiger partial charge is 0.382 e. The van der Waals surface area contributed by atoms with Crippen LogP contribution in [0.3, 0.4) is 0 Å². The molecule has 2 atom stereocenters. The lowest BCUT2D eigenvalue weighted by atomic mass is 9.84. The van der Waals surface area contributed by atoms with Crippen molar-refractivity contribution in [2.24, 2.45) is 11.7 Å². The minimum Gasteiger partial charge on any atom is -0.382 e. The van der Waals surface area contributed by atoms with Crippen LogP contribution in [0.4, 0.5) is 5.69 Å². The summed E-state index contributed by atoms with van der Waals surface area (Å²) in [5, 5.41) is 3.64. The van der Waals surface area contributed by atoms with Gasteiger partial charge in [-0.1, -0.05) is 18.9 Å². The summed E-state index contributed by atoms with van der Waals surface area (Å²) in [6.07, 6.45) is 5.20. The zero-order chi connectivity index (χ0) is 11.4. The molecule has 2 nitrogen and oxygen atoms in total. The molecule has 1 aliphatic carbocycles. The molecule has 2 rings (SSSR count). The van der Waals surface area contributed by atoms with Crippen molar-refractivity contribution in [3.8, 4) is 0 Å². The maximum atomic E-state index is 5.84. The molecule has 1 aliphatic rings. The van der Waals surface area contributed by atoms with E-state index in [0.29, 0.717) is 12.0 Å². The van der Waals surface area contributed by atoms with Gasteiger partial charge in [0.15, 0.2) is 0 Å². The molecule has 0 aromatic heterocycles. The number of benzene rings is 1. The van der Waals surface area contributed by atoms with Gasteiger partial charge in [0.2, 0.25) is 0 Å². The van der Waals surface area contributed by atoms with Crippen LogP contribution < -0.4 is 11.1 Å². The van der Waals surface area contributed by atoms with Gasteiger partial charge in [-0.3, -0.25) is 0 Å². The first-order valence-electron chi connectivity index (χ1n) is 6.02. The van der Waals surface area contributed by atoms with Gasteiger partial charge in [-0.15, -0.1) is 0 Å². The number of hydrogen-bond donors (Lipinski definition) is 2. The highest BCUT2D eigenvalue weighted by atomic mass is 127. The highest BCUT2D eigenvalue weighted by molar-refractivity contribution is 14.1. The lowest BCUT2D eigenvalue weighted by Crippen LogP contribution is -2.36. The van der Waals surface area contributed by atoms with Crippen LogP contribution in [-0.4, -0.2) is 12.6 Å². The Labute approximate surface area is 111 Å². The molecular weight excluding hydrogens is 311 g/mol. The SMILES string of the molecule is NCC1CCCCC1Nc1cccc(I)c1. The summed E-state index contributed by atoms with van der Waals surface area (Å²) in [6.45, 7) is 0.807. The van der Waals surface area contributed by atoms with Crippen LogP contribution >= 0.6 is 22.6 Å². The molecule has 88 valence electrons. The summed E-state index contributed by atoms with van der Waals surface area (Å²) < 4.78 is 1.28. The average molecular weight is 330 g/mol. The number of halogens is 1. The predicted molar refractivity (Wildman–Crippen MR) is 77.6 cm³/mol. The molecule has 0 bridgehead atoms. The summed E-state index contributed by atoms with van der Waals surface area (Å²) in [6, 6.07) is 9.13. The standard InChI is InChI=1S/C13H19IN2/c14-11-5-3-6-12(8-11)16-13-7-2-1-4-10(13)9-15/h3,5-6,8,10,13,16H,1-2,4,7,9,15H2. The van der Waals surface area contributed by atoms with Crippen LogP contribution in [0.2, 0.25) is 0 Å². The third-order valence-corrected chi connectivity index (χ3v) is 4.06. The van der Waals surface area contributed by atoms with Crippen LogP contribution in [0.15, 0.2) is 24.3 Å².